The van der Waals surface area contributed by atoms with Crippen LogP contribution in [0.15, 0.2) is 47.6 Å². The highest BCUT2D eigenvalue weighted by atomic mass is 35.5. The lowest BCUT2D eigenvalue weighted by molar-refractivity contribution is 0.114. The van der Waals surface area contributed by atoms with Crippen LogP contribution in [-0.4, -0.2) is 57.4 Å². The minimum absolute atomic E-state index is 0. The van der Waals surface area contributed by atoms with Crippen molar-refractivity contribution >= 4 is 48.5 Å². The largest absolute Gasteiger partial charge is 0.492 e. The van der Waals surface area contributed by atoms with Gasteiger partial charge in [-0.1, -0.05) is 0 Å². The normalized spacial score (nSPS) is 17.0. The molecule has 2 aromatic heterocycles. The van der Waals surface area contributed by atoms with Gasteiger partial charge >= 0.3 is 0 Å². The van der Waals surface area contributed by atoms with E-state index in [1.54, 1.807) is 12.4 Å². The molecule has 3 aromatic rings. The maximum Gasteiger partial charge on any atom is 0.237 e. The molecule has 0 atom stereocenters. The van der Waals surface area contributed by atoms with Crippen molar-refractivity contribution in [3.63, 3.8) is 0 Å². The third-order valence-corrected chi connectivity index (χ3v) is 5.53. The van der Waals surface area contributed by atoms with E-state index >= 15 is 0 Å². The van der Waals surface area contributed by atoms with Crippen LogP contribution in [0.3, 0.4) is 0 Å². The van der Waals surface area contributed by atoms with Crippen molar-refractivity contribution in [1.82, 2.24) is 19.9 Å². The van der Waals surface area contributed by atoms with Crippen molar-refractivity contribution in [3.8, 4) is 23.0 Å². The number of allylic oxidation sites excluding steroid dienone is 1. The number of aliphatic imine (C=N–C) groups is 1. The monoisotopic (exact) mass is 473 g/mol. The minimum atomic E-state index is -0.0464. The summed E-state index contributed by atoms with van der Waals surface area (Å²) in [5.74, 6) is 2.10. The molecule has 1 fully saturated rings. The number of nitrogens with one attached hydrogen (secondary N) is 1. The third kappa shape index (κ3) is 4.96. The van der Waals surface area contributed by atoms with Crippen molar-refractivity contribution in [2.75, 3.05) is 20.1 Å². The molecular formula is C23H25Cl2N5O2. The SMILES string of the molecule is CN1CCC(Oc2ccc(-c3nc(O)c(C=C4C=Nc5ncccc54)[nH]3)cc2)CC1.Cl.Cl. The summed E-state index contributed by atoms with van der Waals surface area (Å²) in [6.45, 7) is 2.13. The van der Waals surface area contributed by atoms with Gasteiger partial charge in [0.25, 0.3) is 0 Å². The molecule has 0 unspecified atom stereocenters. The smallest absolute Gasteiger partial charge is 0.237 e. The average Bonchev–Trinajstić information content (AvgIpc) is 3.34. The van der Waals surface area contributed by atoms with E-state index in [-0.39, 0.29) is 36.8 Å². The van der Waals surface area contributed by atoms with Crippen molar-refractivity contribution in [1.29, 1.82) is 0 Å². The number of benzene rings is 1. The van der Waals surface area contributed by atoms with Crippen molar-refractivity contribution < 1.29 is 9.84 Å². The Bertz CT molecular complexity index is 1120. The molecule has 0 radical (unpaired) electrons. The lowest BCUT2D eigenvalue weighted by Crippen LogP contribution is -2.35. The first-order valence-corrected chi connectivity index (χ1v) is 10.1. The van der Waals surface area contributed by atoms with Gasteiger partial charge in [0.1, 0.15) is 23.4 Å². The molecule has 7 nitrogen and oxygen atoms in total. The molecule has 4 heterocycles. The van der Waals surface area contributed by atoms with Gasteiger partial charge in [-0.15, -0.1) is 24.8 Å². The number of ether oxygens (including phenoxy) is 1. The zero-order chi connectivity index (χ0) is 20.5. The molecule has 5 rings (SSSR count). The van der Waals surface area contributed by atoms with E-state index in [1.165, 1.54) is 0 Å². The Labute approximate surface area is 199 Å². The Balaban J connectivity index is 0.00000144. The number of aromatic amines is 1. The summed E-state index contributed by atoms with van der Waals surface area (Å²) in [5, 5.41) is 10.3. The van der Waals surface area contributed by atoms with Crippen LogP contribution >= 0.6 is 24.8 Å². The van der Waals surface area contributed by atoms with Gasteiger partial charge in [0.15, 0.2) is 5.82 Å². The number of hydrogen-bond acceptors (Lipinski definition) is 6. The Kier molecular flexibility index (Phi) is 7.56. The van der Waals surface area contributed by atoms with E-state index in [4.69, 9.17) is 4.74 Å². The number of fused-ring (bicyclic) bond motifs is 1. The molecule has 9 heteroatoms. The van der Waals surface area contributed by atoms with Gasteiger partial charge in [0.05, 0.1) is 0 Å². The Morgan fingerprint density at radius 2 is 1.88 bits per heavy atom. The first-order valence-electron chi connectivity index (χ1n) is 10.1. The zero-order valence-corrected chi connectivity index (χ0v) is 19.2. The molecule has 2 aliphatic rings. The number of rotatable bonds is 4. The number of halogens is 2. The van der Waals surface area contributed by atoms with Crippen LogP contribution in [0, 0.1) is 0 Å². The zero-order valence-electron chi connectivity index (χ0n) is 17.6. The van der Waals surface area contributed by atoms with Gasteiger partial charge in [-0.05, 0) is 62.4 Å². The van der Waals surface area contributed by atoms with E-state index in [1.807, 2.05) is 42.5 Å². The van der Waals surface area contributed by atoms with Gasteiger partial charge in [0, 0.05) is 42.2 Å². The highest BCUT2D eigenvalue weighted by Gasteiger charge is 2.18. The summed E-state index contributed by atoms with van der Waals surface area (Å²) in [4.78, 5) is 18.3. The van der Waals surface area contributed by atoms with Gasteiger partial charge < -0.3 is 19.7 Å². The summed E-state index contributed by atoms with van der Waals surface area (Å²) in [6, 6.07) is 11.6. The molecule has 168 valence electrons. The number of hydrogen-bond donors (Lipinski definition) is 2. The van der Waals surface area contributed by atoms with Crippen LogP contribution in [0.5, 0.6) is 11.6 Å². The Hall–Kier alpha value is -2.87. The molecule has 0 amide bonds. The number of imidazole rings is 1. The molecule has 0 saturated carbocycles. The molecule has 0 bridgehead atoms. The number of pyridine rings is 1. The van der Waals surface area contributed by atoms with E-state index in [9.17, 15) is 5.11 Å². The number of aromatic hydroxyl groups is 1. The molecule has 0 spiro atoms. The fraction of sp³-hybridized carbons (Fsp3) is 0.261. The summed E-state index contributed by atoms with van der Waals surface area (Å²) in [7, 11) is 2.14. The van der Waals surface area contributed by atoms with Gasteiger partial charge in [0.2, 0.25) is 5.88 Å². The van der Waals surface area contributed by atoms with Gasteiger partial charge in [-0.2, -0.15) is 4.98 Å². The van der Waals surface area contributed by atoms with Gasteiger partial charge in [-0.25, -0.2) is 9.98 Å². The number of aromatic nitrogens is 3. The fourth-order valence-corrected chi connectivity index (χ4v) is 3.80. The van der Waals surface area contributed by atoms with Gasteiger partial charge in [-0.3, -0.25) is 0 Å². The van der Waals surface area contributed by atoms with Crippen LogP contribution < -0.4 is 4.74 Å². The standard InChI is InChI=1S/C23H23N5O2.2ClH/c1-28-11-8-18(9-12-28)30-17-6-4-15(5-7-17)21-26-20(23(29)27-21)13-16-14-25-22-19(16)3-2-10-24-22;;/h2-7,10,13-14,18,29H,8-9,11-12H2,1H3,(H,26,27);2*1H. The van der Waals surface area contributed by atoms with Crippen molar-refractivity contribution in [3.05, 3.63) is 53.9 Å². The molecule has 2 aliphatic heterocycles. The lowest BCUT2D eigenvalue weighted by atomic mass is 10.1. The average molecular weight is 474 g/mol. The third-order valence-electron chi connectivity index (χ3n) is 5.53. The molecule has 1 saturated heterocycles. The topological polar surface area (TPSA) is 86.6 Å². The molecule has 0 aliphatic carbocycles. The van der Waals surface area contributed by atoms with Crippen LogP contribution in [0.1, 0.15) is 24.1 Å². The molecule has 32 heavy (non-hydrogen) atoms. The molecule has 2 N–H and O–H groups in total. The van der Waals surface area contributed by atoms with Crippen LogP contribution in [0.2, 0.25) is 0 Å². The van der Waals surface area contributed by atoms with Crippen LogP contribution in [0.25, 0.3) is 23.0 Å². The Morgan fingerprint density at radius 3 is 2.62 bits per heavy atom. The van der Waals surface area contributed by atoms with Crippen molar-refractivity contribution in [2.24, 2.45) is 4.99 Å². The van der Waals surface area contributed by atoms with Crippen LogP contribution in [-0.2, 0) is 0 Å². The number of piperidine rings is 1. The first-order chi connectivity index (χ1) is 14.7. The second-order valence-electron chi connectivity index (χ2n) is 7.70. The van der Waals surface area contributed by atoms with E-state index in [2.05, 4.69) is 31.9 Å². The number of H-pyrrole nitrogens is 1. The van der Waals surface area contributed by atoms with Crippen molar-refractivity contribution in [2.45, 2.75) is 18.9 Å². The molecule has 1 aromatic carbocycles. The fourth-order valence-electron chi connectivity index (χ4n) is 3.80. The summed E-state index contributed by atoms with van der Waals surface area (Å²) in [6.07, 6.45) is 7.65. The van der Waals surface area contributed by atoms with E-state index < -0.39 is 0 Å². The maximum absolute atomic E-state index is 10.3. The van der Waals surface area contributed by atoms with Crippen LogP contribution in [0.4, 0.5) is 5.82 Å². The predicted octanol–water partition coefficient (Wildman–Crippen LogP) is 4.75. The lowest BCUT2D eigenvalue weighted by Gasteiger charge is -2.29. The predicted molar refractivity (Wildman–Crippen MR) is 132 cm³/mol. The molecular weight excluding hydrogens is 449 g/mol. The number of nitrogens with zero attached hydrogens (tertiary/aromatic N) is 4. The summed E-state index contributed by atoms with van der Waals surface area (Å²) >= 11 is 0. The van der Waals surface area contributed by atoms with E-state index in [0.717, 1.165) is 48.4 Å². The number of likely N-dealkylation sites (tertiary alicyclic amines) is 1. The first kappa shape index (κ1) is 23.8. The quantitative estimate of drug-likeness (QED) is 0.570. The maximum atomic E-state index is 10.3. The minimum Gasteiger partial charge on any atom is -0.492 e. The van der Waals surface area contributed by atoms with E-state index in [0.29, 0.717) is 17.3 Å². The highest BCUT2D eigenvalue weighted by molar-refractivity contribution is 6.20. The Morgan fingerprint density at radius 1 is 1.12 bits per heavy atom. The summed E-state index contributed by atoms with van der Waals surface area (Å²) in [5.41, 5.74) is 3.23. The second kappa shape index (κ2) is 10.2. The highest BCUT2D eigenvalue weighted by Crippen LogP contribution is 2.32. The second-order valence-corrected chi connectivity index (χ2v) is 7.70. The summed E-state index contributed by atoms with van der Waals surface area (Å²) < 4.78 is 6.11.